The van der Waals surface area contributed by atoms with Crippen LogP contribution in [0.2, 0.25) is 0 Å². The molecule has 20 heavy (non-hydrogen) atoms. The molecule has 0 atom stereocenters. The van der Waals surface area contributed by atoms with Crippen LogP contribution in [0, 0.1) is 0 Å². The maximum absolute atomic E-state index is 6.02. The van der Waals surface area contributed by atoms with Crippen LogP contribution in [0.1, 0.15) is 24.2 Å². The lowest BCUT2D eigenvalue weighted by Gasteiger charge is -2.04. The van der Waals surface area contributed by atoms with Gasteiger partial charge in [0, 0.05) is 24.1 Å². The highest BCUT2D eigenvalue weighted by molar-refractivity contribution is 9.10. The van der Waals surface area contributed by atoms with Gasteiger partial charge >= 0.3 is 0 Å². The first-order valence-corrected chi connectivity index (χ1v) is 7.52. The lowest BCUT2D eigenvalue weighted by molar-refractivity contribution is 0.183. The van der Waals surface area contributed by atoms with E-state index in [4.69, 9.17) is 13.9 Å². The SMILES string of the molecule is COCc1c(CNC2CC2)oc2c(Br)cc(OC)cc12. The van der Waals surface area contributed by atoms with Crippen molar-refractivity contribution in [3.63, 3.8) is 0 Å². The summed E-state index contributed by atoms with van der Waals surface area (Å²) in [6, 6.07) is 4.57. The first kappa shape index (κ1) is 13.9. The minimum Gasteiger partial charge on any atom is -0.497 e. The number of benzene rings is 1. The van der Waals surface area contributed by atoms with Crippen LogP contribution >= 0.6 is 15.9 Å². The molecule has 0 saturated heterocycles. The van der Waals surface area contributed by atoms with Gasteiger partial charge in [0.25, 0.3) is 0 Å². The van der Waals surface area contributed by atoms with E-state index in [1.54, 1.807) is 14.2 Å². The van der Waals surface area contributed by atoms with Crippen molar-refractivity contribution < 1.29 is 13.9 Å². The van der Waals surface area contributed by atoms with E-state index in [2.05, 4.69) is 21.2 Å². The van der Waals surface area contributed by atoms with Crippen LogP contribution in [0.4, 0.5) is 0 Å². The highest BCUT2D eigenvalue weighted by Crippen LogP contribution is 2.36. The van der Waals surface area contributed by atoms with Gasteiger partial charge in [0.2, 0.25) is 0 Å². The number of fused-ring (bicyclic) bond motifs is 1. The lowest BCUT2D eigenvalue weighted by atomic mass is 10.1. The number of ether oxygens (including phenoxy) is 2. The van der Waals surface area contributed by atoms with E-state index >= 15 is 0 Å². The van der Waals surface area contributed by atoms with Crippen LogP contribution in [0.3, 0.4) is 0 Å². The molecule has 1 aliphatic rings. The van der Waals surface area contributed by atoms with Crippen molar-refractivity contribution in [3.8, 4) is 5.75 Å². The highest BCUT2D eigenvalue weighted by atomic mass is 79.9. The molecule has 0 amide bonds. The Balaban J connectivity index is 2.03. The van der Waals surface area contributed by atoms with Gasteiger partial charge in [-0.15, -0.1) is 0 Å². The quantitative estimate of drug-likeness (QED) is 0.873. The Labute approximate surface area is 126 Å². The number of methoxy groups -OCH3 is 2. The molecular formula is C15H18BrNO3. The molecule has 0 spiro atoms. The summed E-state index contributed by atoms with van der Waals surface area (Å²) < 4.78 is 17.6. The lowest BCUT2D eigenvalue weighted by Crippen LogP contribution is -2.15. The van der Waals surface area contributed by atoms with Gasteiger partial charge in [-0.1, -0.05) is 0 Å². The van der Waals surface area contributed by atoms with Crippen molar-refractivity contribution in [1.82, 2.24) is 5.32 Å². The van der Waals surface area contributed by atoms with E-state index in [0.717, 1.165) is 39.1 Å². The van der Waals surface area contributed by atoms with Gasteiger partial charge in [0.1, 0.15) is 17.1 Å². The van der Waals surface area contributed by atoms with Gasteiger partial charge in [-0.2, -0.15) is 0 Å². The molecule has 0 aliphatic heterocycles. The summed E-state index contributed by atoms with van der Waals surface area (Å²) in [6.07, 6.45) is 2.52. The predicted molar refractivity (Wildman–Crippen MR) is 81.0 cm³/mol. The molecular weight excluding hydrogens is 322 g/mol. The summed E-state index contributed by atoms with van der Waals surface area (Å²) in [5.41, 5.74) is 1.95. The van der Waals surface area contributed by atoms with Crippen molar-refractivity contribution in [1.29, 1.82) is 0 Å². The molecule has 1 fully saturated rings. The third kappa shape index (κ3) is 2.71. The smallest absolute Gasteiger partial charge is 0.149 e. The Morgan fingerprint density at radius 1 is 1.35 bits per heavy atom. The van der Waals surface area contributed by atoms with Gasteiger partial charge in [0.05, 0.1) is 24.7 Å². The van der Waals surface area contributed by atoms with Gasteiger partial charge in [0.15, 0.2) is 0 Å². The summed E-state index contributed by atoms with van der Waals surface area (Å²) in [7, 11) is 3.37. The Morgan fingerprint density at radius 3 is 2.80 bits per heavy atom. The second-order valence-corrected chi connectivity index (χ2v) is 5.93. The van der Waals surface area contributed by atoms with Gasteiger partial charge in [-0.25, -0.2) is 0 Å². The number of rotatable bonds is 6. The van der Waals surface area contributed by atoms with Crippen molar-refractivity contribution in [2.75, 3.05) is 14.2 Å². The minimum atomic E-state index is 0.536. The van der Waals surface area contributed by atoms with Gasteiger partial charge < -0.3 is 19.2 Å². The zero-order chi connectivity index (χ0) is 14.1. The topological polar surface area (TPSA) is 43.6 Å². The van der Waals surface area contributed by atoms with Crippen LogP contribution in [0.5, 0.6) is 5.75 Å². The number of nitrogens with one attached hydrogen (secondary N) is 1. The third-order valence-electron chi connectivity index (χ3n) is 3.56. The first-order chi connectivity index (χ1) is 9.72. The summed E-state index contributed by atoms with van der Waals surface area (Å²) in [6.45, 7) is 1.28. The Morgan fingerprint density at radius 2 is 2.15 bits per heavy atom. The molecule has 1 N–H and O–H groups in total. The zero-order valence-corrected chi connectivity index (χ0v) is 13.2. The molecule has 2 aromatic rings. The number of hydrogen-bond acceptors (Lipinski definition) is 4. The molecule has 0 unspecified atom stereocenters. The fraction of sp³-hybridized carbons (Fsp3) is 0.467. The van der Waals surface area contributed by atoms with Crippen molar-refractivity contribution in [2.24, 2.45) is 0 Å². The molecule has 1 saturated carbocycles. The highest BCUT2D eigenvalue weighted by Gasteiger charge is 2.23. The van der Waals surface area contributed by atoms with Crippen LogP contribution < -0.4 is 10.1 Å². The average molecular weight is 340 g/mol. The third-order valence-corrected chi connectivity index (χ3v) is 4.15. The fourth-order valence-electron chi connectivity index (χ4n) is 2.32. The van der Waals surface area contributed by atoms with E-state index in [1.807, 2.05) is 12.1 Å². The van der Waals surface area contributed by atoms with E-state index in [0.29, 0.717) is 12.6 Å². The molecule has 0 radical (unpaired) electrons. The van der Waals surface area contributed by atoms with Crippen LogP contribution in [-0.4, -0.2) is 20.3 Å². The van der Waals surface area contributed by atoms with Gasteiger partial charge in [-0.3, -0.25) is 0 Å². The Kier molecular flexibility index (Phi) is 4.01. The second-order valence-electron chi connectivity index (χ2n) is 5.08. The summed E-state index contributed by atoms with van der Waals surface area (Å²) in [4.78, 5) is 0. The Hall–Kier alpha value is -1.04. The summed E-state index contributed by atoms with van der Waals surface area (Å²) in [5, 5.41) is 4.53. The summed E-state index contributed by atoms with van der Waals surface area (Å²) in [5.74, 6) is 1.76. The molecule has 1 aromatic carbocycles. The van der Waals surface area contributed by atoms with Crippen molar-refractivity contribution in [2.45, 2.75) is 32.0 Å². The second kappa shape index (κ2) is 5.76. The first-order valence-electron chi connectivity index (χ1n) is 6.73. The maximum Gasteiger partial charge on any atom is 0.149 e. The number of halogens is 1. The maximum atomic E-state index is 6.02. The monoisotopic (exact) mass is 339 g/mol. The largest absolute Gasteiger partial charge is 0.497 e. The Bertz CT molecular complexity index is 619. The van der Waals surface area contributed by atoms with Crippen LogP contribution in [0.25, 0.3) is 11.0 Å². The fourth-order valence-corrected chi connectivity index (χ4v) is 2.84. The number of hydrogen-bond donors (Lipinski definition) is 1. The van der Waals surface area contributed by atoms with E-state index < -0.39 is 0 Å². The molecule has 108 valence electrons. The predicted octanol–water partition coefficient (Wildman–Crippen LogP) is 3.60. The molecule has 3 rings (SSSR count). The normalized spacial score (nSPS) is 14.9. The molecule has 1 heterocycles. The summed E-state index contributed by atoms with van der Waals surface area (Å²) >= 11 is 3.54. The van der Waals surface area contributed by atoms with E-state index in [-0.39, 0.29) is 0 Å². The van der Waals surface area contributed by atoms with Gasteiger partial charge in [-0.05, 0) is 40.9 Å². The molecule has 5 heteroatoms. The molecule has 1 aliphatic carbocycles. The van der Waals surface area contributed by atoms with E-state index in [1.165, 1.54) is 12.8 Å². The molecule has 0 bridgehead atoms. The number of furan rings is 1. The van der Waals surface area contributed by atoms with E-state index in [9.17, 15) is 0 Å². The van der Waals surface area contributed by atoms with Crippen molar-refractivity contribution in [3.05, 3.63) is 27.9 Å². The minimum absolute atomic E-state index is 0.536. The molecule has 1 aromatic heterocycles. The van der Waals surface area contributed by atoms with Crippen LogP contribution in [-0.2, 0) is 17.9 Å². The zero-order valence-electron chi connectivity index (χ0n) is 11.7. The average Bonchev–Trinajstić information content (AvgIpc) is 3.21. The molecule has 4 nitrogen and oxygen atoms in total. The van der Waals surface area contributed by atoms with Crippen LogP contribution in [0.15, 0.2) is 21.0 Å². The standard InChI is InChI=1S/C15H18BrNO3/c1-18-8-12-11-5-10(19-2)6-13(16)15(11)20-14(12)7-17-9-3-4-9/h5-6,9,17H,3-4,7-8H2,1-2H3. The van der Waals surface area contributed by atoms with Crippen molar-refractivity contribution >= 4 is 26.9 Å².